The molecule has 0 aliphatic carbocycles. The zero-order chi connectivity index (χ0) is 18.2. The Bertz CT molecular complexity index is 527. The quantitative estimate of drug-likeness (QED) is 0.450. The lowest BCUT2D eigenvalue weighted by molar-refractivity contribution is 0.191. The molecule has 1 unspecified atom stereocenters. The van der Waals surface area contributed by atoms with Crippen LogP contribution in [0.1, 0.15) is 56.0 Å². The molecule has 0 spiro atoms. The molecule has 0 radical (unpaired) electrons. The molecule has 2 heterocycles. The van der Waals surface area contributed by atoms with Crippen LogP contribution in [0, 0.1) is 19.8 Å². The number of guanidine groups is 1. The van der Waals surface area contributed by atoms with Crippen molar-refractivity contribution in [3.05, 3.63) is 17.0 Å². The van der Waals surface area contributed by atoms with Crippen molar-refractivity contribution in [1.29, 1.82) is 0 Å². The molecule has 0 aromatic carbocycles. The van der Waals surface area contributed by atoms with Gasteiger partial charge in [-0.3, -0.25) is 4.99 Å². The van der Waals surface area contributed by atoms with Crippen molar-refractivity contribution in [2.24, 2.45) is 10.9 Å². The first kappa shape index (κ1) is 19.8. The fraction of sp³-hybridized carbons (Fsp3) is 0.789. The number of hydrogen-bond donors (Lipinski definition) is 2. The van der Waals surface area contributed by atoms with E-state index in [4.69, 9.17) is 4.52 Å². The molecule has 1 aromatic rings. The predicted octanol–water partition coefficient (Wildman–Crippen LogP) is 2.68. The van der Waals surface area contributed by atoms with Crippen molar-refractivity contribution in [2.45, 2.75) is 52.9 Å². The maximum Gasteiger partial charge on any atom is 0.190 e. The lowest BCUT2D eigenvalue weighted by Gasteiger charge is -2.30. The van der Waals surface area contributed by atoms with Crippen molar-refractivity contribution >= 4 is 5.96 Å². The van der Waals surface area contributed by atoms with Crippen LogP contribution in [0.3, 0.4) is 0 Å². The maximum atomic E-state index is 5.26. The zero-order valence-electron chi connectivity index (χ0n) is 16.6. The number of nitrogens with one attached hydrogen (secondary N) is 2. The monoisotopic (exact) mass is 349 g/mol. The van der Waals surface area contributed by atoms with Crippen molar-refractivity contribution in [3.8, 4) is 0 Å². The first-order valence-corrected chi connectivity index (χ1v) is 9.61. The van der Waals surface area contributed by atoms with Gasteiger partial charge in [0.2, 0.25) is 0 Å². The fourth-order valence-electron chi connectivity index (χ4n) is 3.56. The van der Waals surface area contributed by atoms with Crippen LogP contribution in [0.25, 0.3) is 0 Å². The third-order valence-corrected chi connectivity index (χ3v) is 5.20. The summed E-state index contributed by atoms with van der Waals surface area (Å²) in [6.45, 7) is 14.0. The van der Waals surface area contributed by atoms with Crippen LogP contribution < -0.4 is 10.6 Å². The molecule has 1 aliphatic rings. The average molecular weight is 350 g/mol. The summed E-state index contributed by atoms with van der Waals surface area (Å²) in [7, 11) is 1.82. The van der Waals surface area contributed by atoms with Crippen LogP contribution >= 0.6 is 0 Å². The minimum absolute atomic E-state index is 0.333. The Morgan fingerprint density at radius 2 is 2.04 bits per heavy atom. The normalized spacial score (nSPS) is 18.4. The number of likely N-dealkylation sites (tertiary alicyclic amines) is 1. The van der Waals surface area contributed by atoms with E-state index in [2.05, 4.69) is 39.5 Å². The summed E-state index contributed by atoms with van der Waals surface area (Å²) in [4.78, 5) is 6.90. The van der Waals surface area contributed by atoms with Crippen molar-refractivity contribution < 1.29 is 4.52 Å². The van der Waals surface area contributed by atoms with E-state index in [0.29, 0.717) is 5.92 Å². The van der Waals surface area contributed by atoms with E-state index in [-0.39, 0.29) is 0 Å². The molecule has 6 heteroatoms. The van der Waals surface area contributed by atoms with Gasteiger partial charge < -0.3 is 20.1 Å². The SMILES string of the molecule is CN=C(NCCCN1CCC(C)CC1)NCC(C)c1c(C)noc1C. The molecule has 0 amide bonds. The molecule has 1 aromatic heterocycles. The van der Waals surface area contributed by atoms with Gasteiger partial charge in [-0.2, -0.15) is 0 Å². The van der Waals surface area contributed by atoms with E-state index in [1.165, 1.54) is 38.0 Å². The van der Waals surface area contributed by atoms with E-state index in [1.807, 2.05) is 20.9 Å². The molecule has 0 bridgehead atoms. The van der Waals surface area contributed by atoms with Gasteiger partial charge in [-0.1, -0.05) is 19.0 Å². The summed E-state index contributed by atoms with van der Waals surface area (Å²) in [5, 5.41) is 10.9. The predicted molar refractivity (Wildman–Crippen MR) is 103 cm³/mol. The number of rotatable bonds is 7. The maximum absolute atomic E-state index is 5.26. The number of nitrogens with zero attached hydrogens (tertiary/aromatic N) is 3. The second-order valence-corrected chi connectivity index (χ2v) is 7.40. The Labute approximate surface area is 152 Å². The Kier molecular flexibility index (Phi) is 7.75. The molecule has 2 N–H and O–H groups in total. The minimum Gasteiger partial charge on any atom is -0.361 e. The number of hydrogen-bond acceptors (Lipinski definition) is 4. The van der Waals surface area contributed by atoms with Crippen LogP contribution in [-0.2, 0) is 0 Å². The summed E-state index contributed by atoms with van der Waals surface area (Å²) >= 11 is 0. The fourth-order valence-corrected chi connectivity index (χ4v) is 3.56. The second kappa shape index (κ2) is 9.80. The highest BCUT2D eigenvalue weighted by molar-refractivity contribution is 5.79. The van der Waals surface area contributed by atoms with E-state index in [0.717, 1.165) is 42.8 Å². The molecular weight excluding hydrogens is 314 g/mol. The number of piperidine rings is 1. The van der Waals surface area contributed by atoms with Crippen LogP contribution in [0.15, 0.2) is 9.52 Å². The molecule has 2 rings (SSSR count). The van der Waals surface area contributed by atoms with Gasteiger partial charge in [-0.25, -0.2) is 0 Å². The minimum atomic E-state index is 0.333. The highest BCUT2D eigenvalue weighted by Gasteiger charge is 2.17. The first-order chi connectivity index (χ1) is 12.0. The molecule has 1 saturated heterocycles. The highest BCUT2D eigenvalue weighted by atomic mass is 16.5. The summed E-state index contributed by atoms with van der Waals surface area (Å²) in [6.07, 6.45) is 3.83. The van der Waals surface area contributed by atoms with E-state index < -0.39 is 0 Å². The largest absolute Gasteiger partial charge is 0.361 e. The average Bonchev–Trinajstić information content (AvgIpc) is 2.94. The van der Waals surface area contributed by atoms with E-state index in [9.17, 15) is 0 Å². The molecule has 1 fully saturated rings. The van der Waals surface area contributed by atoms with Crippen molar-refractivity contribution in [2.75, 3.05) is 39.8 Å². The second-order valence-electron chi connectivity index (χ2n) is 7.40. The number of aryl methyl sites for hydroxylation is 2. The molecule has 0 saturated carbocycles. The summed E-state index contributed by atoms with van der Waals surface area (Å²) in [6, 6.07) is 0. The highest BCUT2D eigenvalue weighted by Crippen LogP contribution is 2.22. The molecule has 25 heavy (non-hydrogen) atoms. The topological polar surface area (TPSA) is 65.7 Å². The van der Waals surface area contributed by atoms with Gasteiger partial charge in [0.25, 0.3) is 0 Å². The molecule has 142 valence electrons. The van der Waals surface area contributed by atoms with Crippen LogP contribution in [-0.4, -0.2) is 55.8 Å². The van der Waals surface area contributed by atoms with Gasteiger partial charge in [0.05, 0.1) is 5.69 Å². The lowest BCUT2D eigenvalue weighted by Crippen LogP contribution is -2.41. The zero-order valence-corrected chi connectivity index (χ0v) is 16.6. The number of aliphatic imine (C=N–C) groups is 1. The van der Waals surface area contributed by atoms with Gasteiger partial charge in [-0.15, -0.1) is 0 Å². The Morgan fingerprint density at radius 3 is 2.64 bits per heavy atom. The first-order valence-electron chi connectivity index (χ1n) is 9.61. The Morgan fingerprint density at radius 1 is 1.32 bits per heavy atom. The Balaban J connectivity index is 1.65. The molecule has 1 atom stereocenters. The van der Waals surface area contributed by atoms with Gasteiger partial charge in [-0.05, 0) is 58.7 Å². The molecule has 6 nitrogen and oxygen atoms in total. The Hall–Kier alpha value is -1.56. The van der Waals surface area contributed by atoms with Crippen LogP contribution in [0.4, 0.5) is 0 Å². The lowest BCUT2D eigenvalue weighted by atomic mass is 9.99. The van der Waals surface area contributed by atoms with E-state index in [1.54, 1.807) is 0 Å². The van der Waals surface area contributed by atoms with E-state index >= 15 is 0 Å². The van der Waals surface area contributed by atoms with Crippen LogP contribution in [0.5, 0.6) is 0 Å². The molecular formula is C19H35N5O. The van der Waals surface area contributed by atoms with Gasteiger partial charge in [0.15, 0.2) is 5.96 Å². The summed E-state index contributed by atoms with van der Waals surface area (Å²) < 4.78 is 5.26. The summed E-state index contributed by atoms with van der Waals surface area (Å²) in [5.74, 6) is 3.01. The third kappa shape index (κ3) is 6.03. The smallest absolute Gasteiger partial charge is 0.190 e. The van der Waals surface area contributed by atoms with Gasteiger partial charge >= 0.3 is 0 Å². The van der Waals surface area contributed by atoms with Gasteiger partial charge in [0, 0.05) is 31.6 Å². The third-order valence-electron chi connectivity index (χ3n) is 5.20. The van der Waals surface area contributed by atoms with Crippen molar-refractivity contribution in [1.82, 2.24) is 20.7 Å². The van der Waals surface area contributed by atoms with Gasteiger partial charge in [0.1, 0.15) is 5.76 Å². The standard InChI is InChI=1S/C19H35N5O/c1-14-7-11-24(12-8-14)10-6-9-21-19(20-5)22-13-15(2)18-16(3)23-25-17(18)4/h14-15H,6-13H2,1-5H3,(H2,20,21,22). The number of aromatic nitrogens is 1. The summed E-state index contributed by atoms with van der Waals surface area (Å²) in [5.41, 5.74) is 2.17. The molecule has 1 aliphatic heterocycles. The van der Waals surface area contributed by atoms with Crippen molar-refractivity contribution in [3.63, 3.8) is 0 Å². The van der Waals surface area contributed by atoms with Crippen LogP contribution in [0.2, 0.25) is 0 Å².